The van der Waals surface area contributed by atoms with Crippen LogP contribution < -0.4 is 15.2 Å². The van der Waals surface area contributed by atoms with Gasteiger partial charge in [0.1, 0.15) is 18.1 Å². The van der Waals surface area contributed by atoms with Gasteiger partial charge in [-0.2, -0.15) is 0 Å². The summed E-state index contributed by atoms with van der Waals surface area (Å²) in [5, 5.41) is 0. The number of benzene rings is 2. The third-order valence-corrected chi connectivity index (χ3v) is 3.47. The topological polar surface area (TPSA) is 78.6 Å². The lowest BCUT2D eigenvalue weighted by atomic mass is 10.1. The van der Waals surface area contributed by atoms with Crippen LogP contribution in [-0.4, -0.2) is 18.8 Å². The number of nitrogens with two attached hydrogens (primary N) is 1. The van der Waals surface area contributed by atoms with Crippen LogP contribution in [0.15, 0.2) is 36.4 Å². The average molecular weight is 313 g/mol. The number of hydrogen-bond acceptors (Lipinski definition) is 4. The van der Waals surface area contributed by atoms with Crippen molar-refractivity contribution in [1.82, 2.24) is 0 Å². The molecule has 0 radical (unpaired) electrons. The zero-order valence-electron chi connectivity index (χ0n) is 13.4. The van der Waals surface area contributed by atoms with Gasteiger partial charge in [0.25, 0.3) is 5.91 Å². The van der Waals surface area contributed by atoms with E-state index in [0.29, 0.717) is 22.6 Å². The van der Waals surface area contributed by atoms with Crippen molar-refractivity contribution in [3.63, 3.8) is 0 Å². The normalized spacial score (nSPS) is 10.2. The Morgan fingerprint density at radius 3 is 2.43 bits per heavy atom. The minimum Gasteiger partial charge on any atom is -0.496 e. The Kier molecular flexibility index (Phi) is 5.01. The Labute approximate surface area is 135 Å². The molecular formula is C18H19NO4. The van der Waals surface area contributed by atoms with E-state index in [-0.39, 0.29) is 12.4 Å². The number of amides is 1. The van der Waals surface area contributed by atoms with E-state index >= 15 is 0 Å². The predicted octanol–water partition coefficient (Wildman–Crippen LogP) is 2.88. The zero-order chi connectivity index (χ0) is 17.0. The SMILES string of the molecule is COc1ccc(C(C)=O)cc1COc1cc(C)ccc1C(N)=O. The van der Waals surface area contributed by atoms with Crippen molar-refractivity contribution in [3.8, 4) is 11.5 Å². The molecule has 2 aromatic carbocycles. The minimum atomic E-state index is -0.551. The van der Waals surface area contributed by atoms with Crippen LogP contribution in [0.4, 0.5) is 0 Å². The molecule has 0 saturated heterocycles. The molecule has 23 heavy (non-hydrogen) atoms. The summed E-state index contributed by atoms with van der Waals surface area (Å²) in [5.41, 5.74) is 7.93. The number of ketones is 1. The maximum absolute atomic E-state index is 11.5. The standard InChI is InChI=1S/C18H19NO4/c1-11-4-6-15(18(19)21)17(8-11)23-10-14-9-13(12(2)20)5-7-16(14)22-3/h4-9H,10H2,1-3H3,(H2,19,21). The zero-order valence-corrected chi connectivity index (χ0v) is 13.4. The molecular weight excluding hydrogens is 294 g/mol. The molecule has 0 unspecified atom stereocenters. The van der Waals surface area contributed by atoms with Crippen LogP contribution >= 0.6 is 0 Å². The lowest BCUT2D eigenvalue weighted by molar-refractivity contribution is 0.0993. The molecule has 0 aliphatic carbocycles. The smallest absolute Gasteiger partial charge is 0.252 e. The number of aryl methyl sites for hydroxylation is 1. The first-order chi connectivity index (χ1) is 10.9. The van der Waals surface area contributed by atoms with Gasteiger partial charge in [-0.25, -0.2) is 0 Å². The van der Waals surface area contributed by atoms with Gasteiger partial charge in [0.2, 0.25) is 0 Å². The molecule has 2 N–H and O–H groups in total. The number of methoxy groups -OCH3 is 1. The summed E-state index contributed by atoms with van der Waals surface area (Å²) >= 11 is 0. The van der Waals surface area contributed by atoms with E-state index in [1.165, 1.54) is 6.92 Å². The van der Waals surface area contributed by atoms with Crippen molar-refractivity contribution in [3.05, 3.63) is 58.7 Å². The first-order valence-electron chi connectivity index (χ1n) is 7.13. The fourth-order valence-corrected chi connectivity index (χ4v) is 2.22. The van der Waals surface area contributed by atoms with E-state index in [0.717, 1.165) is 11.1 Å². The van der Waals surface area contributed by atoms with Crippen LogP contribution in [0.5, 0.6) is 11.5 Å². The van der Waals surface area contributed by atoms with Crippen LogP contribution in [0.1, 0.15) is 38.8 Å². The van der Waals surface area contributed by atoms with E-state index in [1.54, 1.807) is 43.5 Å². The van der Waals surface area contributed by atoms with Crippen LogP contribution in [0.2, 0.25) is 0 Å². The molecule has 0 atom stereocenters. The molecule has 5 heteroatoms. The van der Waals surface area contributed by atoms with Crippen LogP contribution in [0, 0.1) is 6.92 Å². The Morgan fingerprint density at radius 1 is 1.09 bits per heavy atom. The largest absolute Gasteiger partial charge is 0.496 e. The highest BCUT2D eigenvalue weighted by Crippen LogP contribution is 2.25. The number of carbonyl (C=O) groups is 2. The van der Waals surface area contributed by atoms with Crippen molar-refractivity contribution in [2.75, 3.05) is 7.11 Å². The fraction of sp³-hybridized carbons (Fsp3) is 0.222. The van der Waals surface area contributed by atoms with Gasteiger partial charge in [0.05, 0.1) is 12.7 Å². The highest BCUT2D eigenvalue weighted by Gasteiger charge is 2.12. The summed E-state index contributed by atoms with van der Waals surface area (Å²) in [5.74, 6) is 0.433. The average Bonchev–Trinajstić information content (AvgIpc) is 2.52. The second-order valence-electron chi connectivity index (χ2n) is 5.24. The summed E-state index contributed by atoms with van der Waals surface area (Å²) in [4.78, 5) is 23.0. The first-order valence-corrected chi connectivity index (χ1v) is 7.13. The second kappa shape index (κ2) is 6.96. The number of carbonyl (C=O) groups excluding carboxylic acids is 2. The van der Waals surface area contributed by atoms with Gasteiger partial charge in [0.15, 0.2) is 5.78 Å². The molecule has 0 aliphatic heterocycles. The Bertz CT molecular complexity index is 753. The van der Waals surface area contributed by atoms with E-state index in [1.807, 2.05) is 6.92 Å². The minimum absolute atomic E-state index is 0.0396. The van der Waals surface area contributed by atoms with Gasteiger partial charge in [-0.1, -0.05) is 6.07 Å². The summed E-state index contributed by atoms with van der Waals surface area (Å²) in [6.45, 7) is 3.56. The molecule has 0 bridgehead atoms. The number of Topliss-reactive ketones (excluding diaryl/α,β-unsaturated/α-hetero) is 1. The van der Waals surface area contributed by atoms with E-state index in [4.69, 9.17) is 15.2 Å². The van der Waals surface area contributed by atoms with Crippen molar-refractivity contribution < 1.29 is 19.1 Å². The molecule has 0 saturated carbocycles. The molecule has 0 aliphatic rings. The Morgan fingerprint density at radius 2 is 1.83 bits per heavy atom. The number of hydrogen-bond donors (Lipinski definition) is 1. The van der Waals surface area contributed by atoms with Gasteiger partial charge in [-0.05, 0) is 49.7 Å². The third-order valence-electron chi connectivity index (χ3n) is 3.47. The molecule has 0 aromatic heterocycles. The fourth-order valence-electron chi connectivity index (χ4n) is 2.22. The van der Waals surface area contributed by atoms with Crippen LogP contribution in [0.25, 0.3) is 0 Å². The number of ether oxygens (including phenoxy) is 2. The Hall–Kier alpha value is -2.82. The van der Waals surface area contributed by atoms with Crippen LogP contribution in [-0.2, 0) is 6.61 Å². The monoisotopic (exact) mass is 313 g/mol. The van der Waals surface area contributed by atoms with Crippen molar-refractivity contribution >= 4 is 11.7 Å². The van der Waals surface area contributed by atoms with Crippen molar-refractivity contribution in [1.29, 1.82) is 0 Å². The molecule has 2 aromatic rings. The van der Waals surface area contributed by atoms with Gasteiger partial charge in [-0.3, -0.25) is 9.59 Å². The van der Waals surface area contributed by atoms with Gasteiger partial charge in [-0.15, -0.1) is 0 Å². The van der Waals surface area contributed by atoms with Crippen molar-refractivity contribution in [2.24, 2.45) is 5.73 Å². The van der Waals surface area contributed by atoms with E-state index < -0.39 is 5.91 Å². The van der Waals surface area contributed by atoms with E-state index in [2.05, 4.69) is 0 Å². The quantitative estimate of drug-likeness (QED) is 0.832. The number of primary amides is 1. The highest BCUT2D eigenvalue weighted by atomic mass is 16.5. The molecule has 0 spiro atoms. The summed E-state index contributed by atoms with van der Waals surface area (Å²) in [6.07, 6.45) is 0. The molecule has 2 rings (SSSR count). The summed E-state index contributed by atoms with van der Waals surface area (Å²) in [6, 6.07) is 10.3. The lowest BCUT2D eigenvalue weighted by Crippen LogP contribution is -2.13. The molecule has 120 valence electrons. The molecule has 0 fully saturated rings. The van der Waals surface area contributed by atoms with Crippen molar-refractivity contribution in [2.45, 2.75) is 20.5 Å². The Balaban J connectivity index is 2.30. The summed E-state index contributed by atoms with van der Waals surface area (Å²) in [7, 11) is 1.55. The maximum atomic E-state index is 11.5. The third kappa shape index (κ3) is 3.88. The van der Waals surface area contributed by atoms with Gasteiger partial charge < -0.3 is 15.2 Å². The van der Waals surface area contributed by atoms with Gasteiger partial charge >= 0.3 is 0 Å². The molecule has 5 nitrogen and oxygen atoms in total. The van der Waals surface area contributed by atoms with Gasteiger partial charge in [0, 0.05) is 11.1 Å². The van der Waals surface area contributed by atoms with E-state index in [9.17, 15) is 9.59 Å². The van der Waals surface area contributed by atoms with Crippen LogP contribution in [0.3, 0.4) is 0 Å². The maximum Gasteiger partial charge on any atom is 0.252 e. The first kappa shape index (κ1) is 16.5. The lowest BCUT2D eigenvalue weighted by Gasteiger charge is -2.13. The number of rotatable bonds is 6. The second-order valence-corrected chi connectivity index (χ2v) is 5.24. The summed E-state index contributed by atoms with van der Waals surface area (Å²) < 4.78 is 11.0. The molecule has 0 heterocycles. The molecule has 1 amide bonds. The highest BCUT2D eigenvalue weighted by molar-refractivity contribution is 5.96. The predicted molar refractivity (Wildman–Crippen MR) is 87.0 cm³/mol.